The van der Waals surface area contributed by atoms with Crippen molar-refractivity contribution in [2.24, 2.45) is 0 Å². The molecule has 0 radical (unpaired) electrons. The predicted molar refractivity (Wildman–Crippen MR) is 235 cm³/mol. The van der Waals surface area contributed by atoms with Crippen molar-refractivity contribution in [3.8, 4) is 22.5 Å². The molecule has 1 unspecified atom stereocenters. The maximum Gasteiger partial charge on any atom is 0.0555 e. The van der Waals surface area contributed by atoms with Crippen molar-refractivity contribution in [1.29, 1.82) is 0 Å². The van der Waals surface area contributed by atoms with Crippen LogP contribution in [0.4, 0.5) is 0 Å². The molecule has 1 aliphatic carbocycles. The van der Waals surface area contributed by atoms with E-state index in [0.717, 1.165) is 6.42 Å². The van der Waals surface area contributed by atoms with Crippen LogP contribution in [0.3, 0.4) is 0 Å². The first-order valence-electron chi connectivity index (χ1n) is 19.1. The molecule has 0 bridgehead atoms. The lowest BCUT2D eigenvalue weighted by molar-refractivity contribution is 0.827. The highest BCUT2D eigenvalue weighted by Gasteiger charge is 2.25. The molecule has 0 fully saturated rings. The summed E-state index contributed by atoms with van der Waals surface area (Å²) in [7, 11) is 0. The van der Waals surface area contributed by atoms with E-state index in [4.69, 9.17) is 0 Å². The highest BCUT2D eigenvalue weighted by Crippen LogP contribution is 2.44. The predicted octanol–water partition coefficient (Wildman–Crippen LogP) is 14.3. The SMILES string of the molecule is C1=CC(c2ccc3c(c2)c2ccccc2n3-c2ccc(-c3ccc4ccccc4c3)cc2)Cc2c1n(-c1cccc3sc4ccccc4c13)c1ccccc21. The Morgan fingerprint density at radius 2 is 1.16 bits per heavy atom. The molecule has 8 aromatic carbocycles. The minimum atomic E-state index is 0.275. The van der Waals surface area contributed by atoms with Crippen molar-refractivity contribution in [2.75, 3.05) is 0 Å². The number of fused-ring (bicyclic) bond motifs is 10. The molecule has 11 aromatic rings. The van der Waals surface area contributed by atoms with E-state index in [-0.39, 0.29) is 5.92 Å². The number of hydrogen-bond donors (Lipinski definition) is 0. The number of rotatable bonds is 4. The van der Waals surface area contributed by atoms with Crippen LogP contribution in [0.25, 0.3) is 92.2 Å². The Morgan fingerprint density at radius 3 is 2.04 bits per heavy atom. The third-order valence-electron chi connectivity index (χ3n) is 11.9. The first kappa shape index (κ1) is 30.7. The van der Waals surface area contributed by atoms with E-state index in [9.17, 15) is 0 Å². The van der Waals surface area contributed by atoms with E-state index in [0.29, 0.717) is 0 Å². The highest BCUT2D eigenvalue weighted by atomic mass is 32.1. The zero-order valence-corrected chi connectivity index (χ0v) is 30.8. The fraction of sp³-hybridized carbons (Fsp3) is 0.0385. The Bertz CT molecular complexity index is 3350. The summed E-state index contributed by atoms with van der Waals surface area (Å²) in [5.74, 6) is 0.275. The van der Waals surface area contributed by atoms with Crippen LogP contribution in [0.1, 0.15) is 22.7 Å². The Hall–Kier alpha value is -6.68. The number of allylic oxidation sites excluding steroid dienone is 1. The van der Waals surface area contributed by atoms with Gasteiger partial charge in [0.05, 0.1) is 22.2 Å². The van der Waals surface area contributed by atoms with E-state index in [1.54, 1.807) is 0 Å². The monoisotopic (exact) mass is 718 g/mol. The molecule has 0 N–H and O–H groups in total. The average Bonchev–Trinajstić information content (AvgIpc) is 3.91. The highest BCUT2D eigenvalue weighted by molar-refractivity contribution is 7.25. The van der Waals surface area contributed by atoms with Gasteiger partial charge in [-0.05, 0) is 106 Å². The summed E-state index contributed by atoms with van der Waals surface area (Å²) < 4.78 is 7.61. The first-order valence-corrected chi connectivity index (χ1v) is 19.9. The van der Waals surface area contributed by atoms with Gasteiger partial charge in [-0.3, -0.25) is 0 Å². The largest absolute Gasteiger partial charge is 0.309 e. The third-order valence-corrected chi connectivity index (χ3v) is 13.0. The van der Waals surface area contributed by atoms with Crippen molar-refractivity contribution in [3.05, 3.63) is 199 Å². The van der Waals surface area contributed by atoms with Crippen LogP contribution in [0.2, 0.25) is 0 Å². The number of nitrogens with zero attached hydrogens (tertiary/aromatic N) is 2. The van der Waals surface area contributed by atoms with Gasteiger partial charge in [-0.2, -0.15) is 0 Å². The lowest BCUT2D eigenvalue weighted by Crippen LogP contribution is -2.07. The summed E-state index contributed by atoms with van der Waals surface area (Å²) in [5, 5.41) is 9.12. The summed E-state index contributed by atoms with van der Waals surface area (Å²) in [4.78, 5) is 0. The van der Waals surface area contributed by atoms with Gasteiger partial charge in [-0.1, -0.05) is 121 Å². The second kappa shape index (κ2) is 11.9. The normalized spacial score (nSPS) is 14.2. The third kappa shape index (κ3) is 4.67. The molecule has 12 rings (SSSR count). The molecule has 0 saturated carbocycles. The Labute approximate surface area is 322 Å². The topological polar surface area (TPSA) is 9.86 Å². The summed E-state index contributed by atoms with van der Waals surface area (Å²) in [6.45, 7) is 0. The lowest BCUT2D eigenvalue weighted by atomic mass is 9.86. The van der Waals surface area contributed by atoms with Crippen LogP contribution in [-0.4, -0.2) is 9.13 Å². The van der Waals surface area contributed by atoms with Gasteiger partial charge in [0.25, 0.3) is 0 Å². The van der Waals surface area contributed by atoms with Gasteiger partial charge in [0, 0.05) is 53.6 Å². The molecule has 1 aliphatic rings. The molecular formula is C52H34N2S. The van der Waals surface area contributed by atoms with Crippen LogP contribution in [-0.2, 0) is 6.42 Å². The molecule has 0 saturated heterocycles. The lowest BCUT2D eigenvalue weighted by Gasteiger charge is -2.20. The maximum atomic E-state index is 2.51. The summed E-state index contributed by atoms with van der Waals surface area (Å²) in [6, 6.07) is 65.0. The standard InChI is InChI=1S/C52H34N2S/c1-2-11-35-30-36(21-20-33(35)10-1)34-22-26-39(27-23-34)53-45-15-6-3-12-40(45)43-31-37(24-28-47(43)53)38-25-29-48-44(32-38)41-13-4-7-16-46(41)54(48)49-17-9-19-51-52(49)42-14-5-8-18-50(42)55-51/h1-31,38H,32H2. The van der Waals surface area contributed by atoms with Crippen molar-refractivity contribution < 1.29 is 0 Å². The number of para-hydroxylation sites is 2. The number of hydrogen-bond acceptors (Lipinski definition) is 1. The van der Waals surface area contributed by atoms with Crippen LogP contribution in [0.15, 0.2) is 182 Å². The molecule has 1 atom stereocenters. The van der Waals surface area contributed by atoms with Gasteiger partial charge in [-0.15, -0.1) is 11.3 Å². The fourth-order valence-electron chi connectivity index (χ4n) is 9.31. The van der Waals surface area contributed by atoms with Gasteiger partial charge < -0.3 is 9.13 Å². The van der Waals surface area contributed by atoms with Gasteiger partial charge in [-0.25, -0.2) is 0 Å². The van der Waals surface area contributed by atoms with Crippen LogP contribution in [0, 0.1) is 0 Å². The zero-order valence-electron chi connectivity index (χ0n) is 30.0. The minimum Gasteiger partial charge on any atom is -0.309 e. The number of benzene rings is 8. The second-order valence-corrected chi connectivity index (χ2v) is 16.0. The zero-order chi connectivity index (χ0) is 36.0. The van der Waals surface area contributed by atoms with Gasteiger partial charge in [0.1, 0.15) is 0 Å². The van der Waals surface area contributed by atoms with Crippen LogP contribution < -0.4 is 0 Å². The second-order valence-electron chi connectivity index (χ2n) is 14.9. The van der Waals surface area contributed by atoms with Crippen LogP contribution in [0.5, 0.6) is 0 Å². The molecule has 3 heteroatoms. The molecule has 3 aromatic heterocycles. The summed E-state index contributed by atoms with van der Waals surface area (Å²) in [6.07, 6.45) is 5.79. The quantitative estimate of drug-likeness (QED) is 0.171. The maximum absolute atomic E-state index is 2.51. The Balaban J connectivity index is 0.948. The smallest absolute Gasteiger partial charge is 0.0555 e. The van der Waals surface area contributed by atoms with E-state index in [2.05, 4.69) is 197 Å². The van der Waals surface area contributed by atoms with E-state index >= 15 is 0 Å². The molecule has 3 heterocycles. The molecule has 55 heavy (non-hydrogen) atoms. The van der Waals surface area contributed by atoms with Gasteiger partial charge in [0.2, 0.25) is 0 Å². The average molecular weight is 719 g/mol. The first-order chi connectivity index (χ1) is 27.3. The Morgan fingerprint density at radius 1 is 0.473 bits per heavy atom. The van der Waals surface area contributed by atoms with Crippen molar-refractivity contribution >= 4 is 81.1 Å². The Kier molecular flexibility index (Phi) is 6.66. The number of thiophene rings is 1. The van der Waals surface area contributed by atoms with Gasteiger partial charge >= 0.3 is 0 Å². The molecule has 258 valence electrons. The molecule has 0 amide bonds. The van der Waals surface area contributed by atoms with E-state index < -0.39 is 0 Å². The fourth-order valence-corrected chi connectivity index (χ4v) is 10.4. The van der Waals surface area contributed by atoms with E-state index in [1.165, 1.54) is 103 Å². The minimum absolute atomic E-state index is 0.275. The van der Waals surface area contributed by atoms with Gasteiger partial charge in [0.15, 0.2) is 0 Å². The van der Waals surface area contributed by atoms with Crippen molar-refractivity contribution in [1.82, 2.24) is 9.13 Å². The molecule has 2 nitrogen and oxygen atoms in total. The molecule has 0 aliphatic heterocycles. The summed E-state index contributed by atoms with van der Waals surface area (Å²) in [5.41, 5.74) is 12.7. The van der Waals surface area contributed by atoms with E-state index in [1.807, 2.05) is 11.3 Å². The van der Waals surface area contributed by atoms with Crippen LogP contribution >= 0.6 is 11.3 Å². The number of aromatic nitrogens is 2. The summed E-state index contributed by atoms with van der Waals surface area (Å²) >= 11 is 1.88. The van der Waals surface area contributed by atoms with Crippen molar-refractivity contribution in [3.63, 3.8) is 0 Å². The molecule has 0 spiro atoms. The molecular weight excluding hydrogens is 685 g/mol. The van der Waals surface area contributed by atoms with Crippen molar-refractivity contribution in [2.45, 2.75) is 12.3 Å².